The molecule has 2 aromatic carbocycles. The molecule has 3 rings (SSSR count). The second-order valence-corrected chi connectivity index (χ2v) is 8.99. The molecular weight excluding hydrogens is 366 g/mol. The number of rotatable bonds is 7. The SMILES string of the molecule is Cc1sc(NCCc2ccccc2)nc1-c1ccc(NS(C)(=O)=O)cc1. The van der Waals surface area contributed by atoms with E-state index in [2.05, 4.69) is 27.2 Å². The number of hydrogen-bond donors (Lipinski definition) is 2. The molecule has 2 N–H and O–H groups in total. The van der Waals surface area contributed by atoms with Crippen LogP contribution in [0.1, 0.15) is 10.4 Å². The Labute approximate surface area is 158 Å². The highest BCUT2D eigenvalue weighted by molar-refractivity contribution is 7.92. The van der Waals surface area contributed by atoms with Gasteiger partial charge in [-0.3, -0.25) is 4.72 Å². The maximum Gasteiger partial charge on any atom is 0.229 e. The quantitative estimate of drug-likeness (QED) is 0.639. The summed E-state index contributed by atoms with van der Waals surface area (Å²) in [7, 11) is -3.27. The number of aryl methyl sites for hydroxylation is 1. The third-order valence-corrected chi connectivity index (χ3v) is 5.33. The first kappa shape index (κ1) is 18.4. The zero-order valence-corrected chi connectivity index (χ0v) is 16.3. The van der Waals surface area contributed by atoms with Crippen molar-refractivity contribution in [3.8, 4) is 11.3 Å². The molecule has 5 nitrogen and oxygen atoms in total. The van der Waals surface area contributed by atoms with Gasteiger partial charge in [-0.05, 0) is 31.0 Å². The maximum atomic E-state index is 11.3. The zero-order chi connectivity index (χ0) is 18.6. The summed E-state index contributed by atoms with van der Waals surface area (Å²) in [5.41, 5.74) is 3.73. The fraction of sp³-hybridized carbons (Fsp3) is 0.211. The van der Waals surface area contributed by atoms with Gasteiger partial charge in [-0.15, -0.1) is 11.3 Å². The smallest absolute Gasteiger partial charge is 0.229 e. The minimum absolute atomic E-state index is 0.547. The van der Waals surface area contributed by atoms with Crippen LogP contribution in [0, 0.1) is 6.92 Å². The lowest BCUT2D eigenvalue weighted by Crippen LogP contribution is -2.09. The molecule has 0 fully saturated rings. The summed E-state index contributed by atoms with van der Waals surface area (Å²) in [6, 6.07) is 17.6. The summed E-state index contributed by atoms with van der Waals surface area (Å²) in [5.74, 6) is 0. The van der Waals surface area contributed by atoms with Crippen LogP contribution in [0.5, 0.6) is 0 Å². The molecule has 0 bridgehead atoms. The highest BCUT2D eigenvalue weighted by Gasteiger charge is 2.10. The Bertz CT molecular complexity index is 966. The molecule has 0 saturated carbocycles. The third-order valence-electron chi connectivity index (χ3n) is 3.79. The van der Waals surface area contributed by atoms with Crippen molar-refractivity contribution in [1.29, 1.82) is 0 Å². The number of nitrogens with one attached hydrogen (secondary N) is 2. The molecule has 1 aromatic heterocycles. The van der Waals surface area contributed by atoms with Crippen LogP contribution in [0.3, 0.4) is 0 Å². The fourth-order valence-electron chi connectivity index (χ4n) is 2.61. The van der Waals surface area contributed by atoms with E-state index in [1.54, 1.807) is 23.5 Å². The molecule has 1 heterocycles. The van der Waals surface area contributed by atoms with Crippen LogP contribution in [0.25, 0.3) is 11.3 Å². The number of anilines is 2. The number of aromatic nitrogens is 1. The van der Waals surface area contributed by atoms with E-state index >= 15 is 0 Å². The Morgan fingerprint density at radius 3 is 2.38 bits per heavy atom. The molecule has 136 valence electrons. The van der Waals surface area contributed by atoms with Crippen LogP contribution < -0.4 is 10.0 Å². The van der Waals surface area contributed by atoms with Crippen LogP contribution in [-0.2, 0) is 16.4 Å². The summed E-state index contributed by atoms with van der Waals surface area (Å²) in [6.07, 6.45) is 2.08. The van der Waals surface area contributed by atoms with Crippen LogP contribution in [0.2, 0.25) is 0 Å². The van der Waals surface area contributed by atoms with Gasteiger partial charge >= 0.3 is 0 Å². The number of nitrogens with zero attached hydrogens (tertiary/aromatic N) is 1. The molecule has 0 unspecified atom stereocenters. The largest absolute Gasteiger partial charge is 0.361 e. The van der Waals surface area contributed by atoms with Crippen molar-refractivity contribution in [3.05, 3.63) is 65.0 Å². The Morgan fingerprint density at radius 2 is 1.73 bits per heavy atom. The number of hydrogen-bond acceptors (Lipinski definition) is 5. The first-order chi connectivity index (χ1) is 12.4. The van der Waals surface area contributed by atoms with Gasteiger partial charge in [0.15, 0.2) is 5.13 Å². The Balaban J connectivity index is 1.66. The summed E-state index contributed by atoms with van der Waals surface area (Å²) in [6.45, 7) is 2.87. The van der Waals surface area contributed by atoms with Gasteiger partial charge in [0.05, 0.1) is 11.9 Å². The molecule has 0 radical (unpaired) electrons. The van der Waals surface area contributed by atoms with Crippen molar-refractivity contribution < 1.29 is 8.42 Å². The Kier molecular flexibility index (Phi) is 5.58. The van der Waals surface area contributed by atoms with E-state index in [0.717, 1.165) is 40.5 Å². The van der Waals surface area contributed by atoms with E-state index in [9.17, 15) is 8.42 Å². The van der Waals surface area contributed by atoms with E-state index in [0.29, 0.717) is 5.69 Å². The Hall–Kier alpha value is -2.38. The second kappa shape index (κ2) is 7.88. The van der Waals surface area contributed by atoms with Crippen molar-refractivity contribution >= 4 is 32.2 Å². The van der Waals surface area contributed by atoms with Crippen LogP contribution in [-0.4, -0.2) is 26.2 Å². The minimum Gasteiger partial charge on any atom is -0.361 e. The number of thiazole rings is 1. The third kappa shape index (κ3) is 5.06. The van der Waals surface area contributed by atoms with Gasteiger partial charge in [0.1, 0.15) is 0 Å². The molecule has 0 aliphatic heterocycles. The van der Waals surface area contributed by atoms with E-state index in [-0.39, 0.29) is 0 Å². The average Bonchev–Trinajstić information content (AvgIpc) is 2.96. The van der Waals surface area contributed by atoms with Crippen LogP contribution in [0.15, 0.2) is 54.6 Å². The van der Waals surface area contributed by atoms with Gasteiger partial charge in [-0.1, -0.05) is 42.5 Å². The van der Waals surface area contributed by atoms with Gasteiger partial charge in [0.25, 0.3) is 0 Å². The number of benzene rings is 2. The first-order valence-corrected chi connectivity index (χ1v) is 10.9. The zero-order valence-electron chi connectivity index (χ0n) is 14.7. The molecule has 0 spiro atoms. The van der Waals surface area contributed by atoms with Crippen molar-refractivity contribution in [1.82, 2.24) is 4.98 Å². The molecule has 3 aromatic rings. The molecule has 0 saturated heterocycles. The summed E-state index contributed by atoms with van der Waals surface area (Å²) in [5, 5.41) is 4.28. The van der Waals surface area contributed by atoms with Crippen molar-refractivity contribution in [3.63, 3.8) is 0 Å². The standard InChI is InChI=1S/C19H21N3O2S2/c1-14-18(16-8-10-17(11-9-16)22-26(2,23)24)21-19(25-14)20-13-12-15-6-4-3-5-7-15/h3-11,22H,12-13H2,1-2H3,(H,20,21). The predicted octanol–water partition coefficient (Wildman–Crippen LogP) is 4.14. The lowest BCUT2D eigenvalue weighted by Gasteiger charge is -2.05. The highest BCUT2D eigenvalue weighted by atomic mass is 32.2. The van der Waals surface area contributed by atoms with Crippen molar-refractivity contribution in [2.24, 2.45) is 0 Å². The van der Waals surface area contributed by atoms with Crippen molar-refractivity contribution in [2.45, 2.75) is 13.3 Å². The average molecular weight is 388 g/mol. The molecular formula is C19H21N3O2S2. The summed E-state index contributed by atoms with van der Waals surface area (Å²) >= 11 is 1.62. The van der Waals surface area contributed by atoms with Crippen LogP contribution in [0.4, 0.5) is 10.8 Å². The fourth-order valence-corrected chi connectivity index (χ4v) is 4.03. The maximum absolute atomic E-state index is 11.3. The van der Waals surface area contributed by atoms with Gasteiger partial charge in [-0.2, -0.15) is 0 Å². The molecule has 7 heteroatoms. The normalized spacial score (nSPS) is 11.3. The monoisotopic (exact) mass is 387 g/mol. The Morgan fingerprint density at radius 1 is 1.04 bits per heavy atom. The second-order valence-electron chi connectivity index (χ2n) is 6.04. The van der Waals surface area contributed by atoms with Gasteiger partial charge < -0.3 is 5.32 Å². The van der Waals surface area contributed by atoms with E-state index in [1.807, 2.05) is 37.3 Å². The highest BCUT2D eigenvalue weighted by Crippen LogP contribution is 2.31. The van der Waals surface area contributed by atoms with E-state index in [4.69, 9.17) is 0 Å². The molecule has 0 aliphatic carbocycles. The lowest BCUT2D eigenvalue weighted by atomic mass is 10.1. The lowest BCUT2D eigenvalue weighted by molar-refractivity contribution is 0.607. The van der Waals surface area contributed by atoms with Gasteiger partial charge in [0, 0.05) is 22.7 Å². The minimum atomic E-state index is -3.27. The van der Waals surface area contributed by atoms with Crippen LogP contribution >= 0.6 is 11.3 Å². The number of sulfonamides is 1. The topological polar surface area (TPSA) is 71.1 Å². The molecule has 0 atom stereocenters. The molecule has 26 heavy (non-hydrogen) atoms. The van der Waals surface area contributed by atoms with Gasteiger partial charge in [0.2, 0.25) is 10.0 Å². The summed E-state index contributed by atoms with van der Waals surface area (Å²) in [4.78, 5) is 5.81. The van der Waals surface area contributed by atoms with E-state index in [1.165, 1.54) is 5.56 Å². The van der Waals surface area contributed by atoms with Crippen molar-refractivity contribution in [2.75, 3.05) is 22.8 Å². The van der Waals surface area contributed by atoms with Gasteiger partial charge in [-0.25, -0.2) is 13.4 Å². The summed E-state index contributed by atoms with van der Waals surface area (Å²) < 4.78 is 25.0. The molecule has 0 aliphatic rings. The van der Waals surface area contributed by atoms with E-state index < -0.39 is 10.0 Å². The predicted molar refractivity (Wildman–Crippen MR) is 109 cm³/mol. The molecule has 0 amide bonds. The first-order valence-electron chi connectivity index (χ1n) is 8.24.